The summed E-state index contributed by atoms with van der Waals surface area (Å²) in [5.74, 6) is -0.641. The van der Waals surface area contributed by atoms with Crippen molar-refractivity contribution in [3.63, 3.8) is 0 Å². The van der Waals surface area contributed by atoms with Crippen molar-refractivity contribution >= 4 is 23.6 Å². The zero-order valence-corrected chi connectivity index (χ0v) is 26.7. The van der Waals surface area contributed by atoms with Gasteiger partial charge in [0.2, 0.25) is 5.91 Å². The molecule has 0 saturated heterocycles. The maximum absolute atomic E-state index is 14.6. The van der Waals surface area contributed by atoms with Gasteiger partial charge in [0, 0.05) is 18.7 Å². The number of anilines is 1. The molecule has 0 fully saturated rings. The number of nitrogens with one attached hydrogen (secondary N) is 2. The van der Waals surface area contributed by atoms with E-state index in [9.17, 15) is 14.4 Å². The van der Waals surface area contributed by atoms with Gasteiger partial charge in [0.25, 0.3) is 5.91 Å². The average molecular weight is 586 g/mol. The number of aryl methyl sites for hydroxylation is 3. The Morgan fingerprint density at radius 2 is 1.51 bits per heavy atom. The lowest BCUT2D eigenvalue weighted by Gasteiger charge is -2.35. The first-order valence-electron chi connectivity index (χ1n) is 15.2. The van der Waals surface area contributed by atoms with E-state index in [1.54, 1.807) is 25.7 Å². The van der Waals surface area contributed by atoms with Crippen molar-refractivity contribution < 1.29 is 19.1 Å². The zero-order valence-electron chi connectivity index (χ0n) is 26.7. The second-order valence-corrected chi connectivity index (χ2v) is 12.2. The van der Waals surface area contributed by atoms with E-state index < -0.39 is 23.8 Å². The highest BCUT2D eigenvalue weighted by atomic mass is 16.6. The monoisotopic (exact) mass is 585 g/mol. The highest BCUT2D eigenvalue weighted by Crippen LogP contribution is 2.28. The summed E-state index contributed by atoms with van der Waals surface area (Å²) in [6, 6.07) is 21.2. The van der Waals surface area contributed by atoms with Crippen LogP contribution in [0.2, 0.25) is 0 Å². The van der Waals surface area contributed by atoms with E-state index >= 15 is 0 Å². The third-order valence-electron chi connectivity index (χ3n) is 7.20. The molecule has 0 saturated carbocycles. The Kier molecular flexibility index (Phi) is 11.9. The van der Waals surface area contributed by atoms with Gasteiger partial charge in [-0.1, -0.05) is 98.1 Å². The molecule has 3 aromatic rings. The van der Waals surface area contributed by atoms with Crippen LogP contribution in [-0.4, -0.2) is 41.0 Å². The van der Waals surface area contributed by atoms with Crippen LogP contribution in [0, 0.1) is 20.8 Å². The number of nitrogens with zero attached hydrogens (tertiary/aromatic N) is 1. The Bertz CT molecular complexity index is 1360. The minimum Gasteiger partial charge on any atom is -0.444 e. The third-order valence-corrected chi connectivity index (χ3v) is 7.20. The van der Waals surface area contributed by atoms with Crippen molar-refractivity contribution in [3.8, 4) is 0 Å². The molecule has 0 bridgehead atoms. The number of carbonyl (C=O) groups is 3. The average Bonchev–Trinajstić information content (AvgIpc) is 2.93. The summed E-state index contributed by atoms with van der Waals surface area (Å²) in [6.07, 6.45) is 2.14. The van der Waals surface area contributed by atoms with Gasteiger partial charge in [-0.15, -0.1) is 0 Å². The van der Waals surface area contributed by atoms with Crippen molar-refractivity contribution in [1.29, 1.82) is 0 Å². The van der Waals surface area contributed by atoms with Crippen LogP contribution in [0.25, 0.3) is 0 Å². The molecular weight excluding hydrogens is 538 g/mol. The van der Waals surface area contributed by atoms with Crippen LogP contribution in [0.5, 0.6) is 0 Å². The van der Waals surface area contributed by atoms with E-state index in [1.165, 1.54) is 0 Å². The van der Waals surface area contributed by atoms with E-state index in [0.29, 0.717) is 18.5 Å². The summed E-state index contributed by atoms with van der Waals surface area (Å²) in [7, 11) is 0. The highest BCUT2D eigenvalue weighted by Gasteiger charge is 2.36. The number of benzene rings is 3. The van der Waals surface area contributed by atoms with Crippen LogP contribution >= 0.6 is 0 Å². The number of amides is 3. The minimum absolute atomic E-state index is 0.252. The molecule has 0 aliphatic rings. The molecule has 0 heterocycles. The normalized spacial score (nSPS) is 12.6. The van der Waals surface area contributed by atoms with Crippen molar-refractivity contribution in [1.82, 2.24) is 10.2 Å². The second kappa shape index (κ2) is 15.4. The van der Waals surface area contributed by atoms with Gasteiger partial charge in [0.15, 0.2) is 0 Å². The number of ether oxygens (including phenoxy) is 1. The van der Waals surface area contributed by atoms with E-state index in [-0.39, 0.29) is 18.2 Å². The molecule has 0 aliphatic carbocycles. The predicted octanol–water partition coefficient (Wildman–Crippen LogP) is 7.45. The summed E-state index contributed by atoms with van der Waals surface area (Å²) in [5.41, 5.74) is 4.46. The summed E-state index contributed by atoms with van der Waals surface area (Å²) in [6.45, 7) is 13.7. The number of carbonyl (C=O) groups excluding carboxylic acids is 3. The first-order chi connectivity index (χ1) is 20.4. The van der Waals surface area contributed by atoms with Gasteiger partial charge in [-0.3, -0.25) is 9.59 Å². The Balaban J connectivity index is 2.09. The molecule has 0 spiro atoms. The molecule has 7 nitrogen and oxygen atoms in total. The van der Waals surface area contributed by atoms with Crippen molar-refractivity contribution in [2.45, 2.75) is 91.8 Å². The van der Waals surface area contributed by atoms with Gasteiger partial charge in [-0.25, -0.2) is 4.79 Å². The lowest BCUT2D eigenvalue weighted by Crippen LogP contribution is -2.53. The van der Waals surface area contributed by atoms with Gasteiger partial charge in [0.05, 0.1) is 0 Å². The standard InChI is InChI=1S/C36H47N3O4/c1-8-9-13-22-39(34(41)30(24-28-19-11-10-12-20-28)37-35(42)43-36(5,6)7)32(29-21-14-16-25(2)23-29)33(40)38-31-26(3)17-15-18-27(31)4/h10-12,14-21,23,30,32H,8-9,13,22,24H2,1-7H3,(H,37,42)(H,38,40). The summed E-state index contributed by atoms with van der Waals surface area (Å²) < 4.78 is 5.55. The second-order valence-electron chi connectivity index (χ2n) is 12.2. The van der Waals surface area contributed by atoms with Crippen molar-refractivity contribution in [3.05, 3.63) is 101 Å². The SMILES string of the molecule is CCCCCN(C(=O)C(Cc1ccccc1)NC(=O)OC(C)(C)C)C(C(=O)Nc1c(C)cccc1C)c1cccc(C)c1. The maximum Gasteiger partial charge on any atom is 0.408 e. The quantitative estimate of drug-likeness (QED) is 0.216. The summed E-state index contributed by atoms with van der Waals surface area (Å²) in [5, 5.41) is 5.97. The van der Waals surface area contributed by atoms with Gasteiger partial charge < -0.3 is 20.3 Å². The Morgan fingerprint density at radius 1 is 0.860 bits per heavy atom. The summed E-state index contributed by atoms with van der Waals surface area (Å²) in [4.78, 5) is 43.5. The number of alkyl carbamates (subject to hydrolysis) is 1. The lowest BCUT2D eigenvalue weighted by atomic mass is 9.98. The van der Waals surface area contributed by atoms with Crippen LogP contribution in [0.4, 0.5) is 10.5 Å². The van der Waals surface area contributed by atoms with Gasteiger partial charge in [-0.2, -0.15) is 0 Å². The predicted molar refractivity (Wildman–Crippen MR) is 173 cm³/mol. The third kappa shape index (κ3) is 9.98. The number of rotatable bonds is 12. The fraction of sp³-hybridized carbons (Fsp3) is 0.417. The molecule has 0 radical (unpaired) electrons. The molecular formula is C36H47N3O4. The Labute approximate surface area is 257 Å². The zero-order chi connectivity index (χ0) is 31.6. The van der Waals surface area contributed by atoms with Crippen LogP contribution in [0.15, 0.2) is 72.8 Å². The fourth-order valence-corrected chi connectivity index (χ4v) is 5.11. The molecule has 3 aromatic carbocycles. The van der Waals surface area contributed by atoms with Gasteiger partial charge in [0.1, 0.15) is 17.7 Å². The van der Waals surface area contributed by atoms with Gasteiger partial charge in [-0.05, 0) is 70.2 Å². The molecule has 2 atom stereocenters. The molecule has 0 aromatic heterocycles. The van der Waals surface area contributed by atoms with Crippen LogP contribution < -0.4 is 10.6 Å². The highest BCUT2D eigenvalue weighted by molar-refractivity contribution is 6.00. The molecule has 230 valence electrons. The molecule has 3 rings (SSSR count). The molecule has 7 heteroatoms. The number of unbranched alkanes of at least 4 members (excludes halogenated alkanes) is 2. The number of hydrogen-bond acceptors (Lipinski definition) is 4. The maximum atomic E-state index is 14.6. The first-order valence-corrected chi connectivity index (χ1v) is 15.2. The van der Waals surface area contributed by atoms with E-state index in [4.69, 9.17) is 4.74 Å². The number of hydrogen-bond donors (Lipinski definition) is 2. The van der Waals surface area contributed by atoms with E-state index in [2.05, 4.69) is 17.6 Å². The lowest BCUT2D eigenvalue weighted by molar-refractivity contribution is -0.140. The largest absolute Gasteiger partial charge is 0.444 e. The van der Waals surface area contributed by atoms with Crippen LogP contribution in [0.3, 0.4) is 0 Å². The molecule has 3 amide bonds. The van der Waals surface area contributed by atoms with Crippen LogP contribution in [-0.2, 0) is 20.7 Å². The van der Waals surface area contributed by atoms with Crippen LogP contribution in [0.1, 0.15) is 80.8 Å². The molecule has 2 N–H and O–H groups in total. The van der Waals surface area contributed by atoms with Crippen molar-refractivity contribution in [2.75, 3.05) is 11.9 Å². The number of para-hydroxylation sites is 1. The Morgan fingerprint density at radius 3 is 2.12 bits per heavy atom. The fourth-order valence-electron chi connectivity index (χ4n) is 5.11. The molecule has 0 aliphatic heterocycles. The summed E-state index contributed by atoms with van der Waals surface area (Å²) >= 11 is 0. The topological polar surface area (TPSA) is 87.7 Å². The van der Waals surface area contributed by atoms with Crippen molar-refractivity contribution in [2.24, 2.45) is 0 Å². The minimum atomic E-state index is -0.945. The van der Waals surface area contributed by atoms with Gasteiger partial charge >= 0.3 is 6.09 Å². The smallest absolute Gasteiger partial charge is 0.408 e. The molecule has 43 heavy (non-hydrogen) atoms. The first kappa shape index (κ1) is 33.4. The van der Waals surface area contributed by atoms with E-state index in [1.807, 2.05) is 93.6 Å². The van der Waals surface area contributed by atoms with E-state index in [0.717, 1.165) is 40.8 Å². The molecule has 2 unspecified atom stereocenters. The Hall–Kier alpha value is -4.13.